The standard InChI is InChI=1S/C14H18N4O2S2/c1-8-7-21-14(15-8)22-11-5-3-10(4-6-11)16-12(19)13-18-17-9(2)20-13/h7,10-11H,3-6H2,1-2H3,(H,16,19). The Kier molecular flexibility index (Phi) is 4.77. The van der Waals surface area contributed by atoms with Crippen LogP contribution < -0.4 is 5.32 Å². The summed E-state index contributed by atoms with van der Waals surface area (Å²) < 4.78 is 6.29. The molecule has 0 aliphatic heterocycles. The van der Waals surface area contributed by atoms with Gasteiger partial charge in [-0.25, -0.2) is 4.98 Å². The average Bonchev–Trinajstić information content (AvgIpc) is 3.10. The molecule has 1 saturated carbocycles. The van der Waals surface area contributed by atoms with Crippen molar-refractivity contribution in [2.45, 2.75) is 55.2 Å². The van der Waals surface area contributed by atoms with Gasteiger partial charge in [-0.1, -0.05) is 11.8 Å². The van der Waals surface area contributed by atoms with Gasteiger partial charge in [0.05, 0.1) is 0 Å². The number of thiazole rings is 1. The number of hydrogen-bond donors (Lipinski definition) is 1. The van der Waals surface area contributed by atoms with Gasteiger partial charge in [0.15, 0.2) is 0 Å². The zero-order chi connectivity index (χ0) is 15.5. The van der Waals surface area contributed by atoms with Crippen molar-refractivity contribution in [2.75, 3.05) is 0 Å². The molecule has 2 aromatic heterocycles. The summed E-state index contributed by atoms with van der Waals surface area (Å²) in [5.41, 5.74) is 1.09. The third kappa shape index (κ3) is 3.86. The third-order valence-corrected chi connectivity index (χ3v) is 6.02. The Bertz CT molecular complexity index is 647. The van der Waals surface area contributed by atoms with Gasteiger partial charge in [0.2, 0.25) is 5.89 Å². The molecule has 0 radical (unpaired) electrons. The molecular weight excluding hydrogens is 320 g/mol. The zero-order valence-electron chi connectivity index (χ0n) is 12.5. The van der Waals surface area contributed by atoms with Crippen LogP contribution in [0, 0.1) is 13.8 Å². The molecular formula is C14H18N4O2S2. The number of amides is 1. The van der Waals surface area contributed by atoms with E-state index in [1.807, 2.05) is 18.7 Å². The van der Waals surface area contributed by atoms with Crippen LogP contribution in [0.5, 0.6) is 0 Å². The Balaban J connectivity index is 1.46. The number of nitrogens with zero attached hydrogens (tertiary/aromatic N) is 3. The van der Waals surface area contributed by atoms with Crippen molar-refractivity contribution in [3.05, 3.63) is 22.9 Å². The van der Waals surface area contributed by atoms with Crippen molar-refractivity contribution in [3.8, 4) is 0 Å². The first kappa shape index (κ1) is 15.5. The summed E-state index contributed by atoms with van der Waals surface area (Å²) in [7, 11) is 0. The third-order valence-electron chi connectivity index (χ3n) is 3.60. The lowest BCUT2D eigenvalue weighted by atomic mass is 9.95. The van der Waals surface area contributed by atoms with Crippen molar-refractivity contribution >= 4 is 29.0 Å². The molecule has 3 rings (SSSR count). The molecule has 22 heavy (non-hydrogen) atoms. The highest BCUT2D eigenvalue weighted by molar-refractivity contribution is 8.01. The fourth-order valence-electron chi connectivity index (χ4n) is 2.49. The van der Waals surface area contributed by atoms with E-state index in [-0.39, 0.29) is 17.8 Å². The van der Waals surface area contributed by atoms with E-state index in [9.17, 15) is 4.79 Å². The largest absolute Gasteiger partial charge is 0.417 e. The van der Waals surface area contributed by atoms with Crippen molar-refractivity contribution < 1.29 is 9.21 Å². The van der Waals surface area contributed by atoms with Crippen molar-refractivity contribution in [1.29, 1.82) is 0 Å². The first-order chi connectivity index (χ1) is 10.6. The van der Waals surface area contributed by atoms with Crippen LogP contribution in [-0.4, -0.2) is 32.4 Å². The Morgan fingerprint density at radius 2 is 2.09 bits per heavy atom. The van der Waals surface area contributed by atoms with Gasteiger partial charge in [0, 0.05) is 29.3 Å². The normalized spacial score (nSPS) is 21.7. The number of carbonyl (C=O) groups excluding carboxylic acids is 1. The summed E-state index contributed by atoms with van der Waals surface area (Å²) >= 11 is 3.57. The van der Waals surface area contributed by atoms with E-state index in [2.05, 4.69) is 25.9 Å². The first-order valence-electron chi connectivity index (χ1n) is 7.30. The molecule has 0 spiro atoms. The van der Waals surface area contributed by atoms with E-state index >= 15 is 0 Å². The minimum Gasteiger partial charge on any atom is -0.417 e. The summed E-state index contributed by atoms with van der Waals surface area (Å²) in [5, 5.41) is 13.1. The molecule has 118 valence electrons. The summed E-state index contributed by atoms with van der Waals surface area (Å²) in [5.74, 6) is 0.184. The molecule has 0 saturated heterocycles. The second-order valence-electron chi connectivity index (χ2n) is 5.45. The molecule has 0 aromatic carbocycles. The number of hydrogen-bond acceptors (Lipinski definition) is 7. The number of rotatable bonds is 4. The molecule has 2 heterocycles. The highest BCUT2D eigenvalue weighted by Gasteiger charge is 2.25. The second-order valence-corrected chi connectivity index (χ2v) is 7.85. The molecule has 1 fully saturated rings. The van der Waals surface area contributed by atoms with Crippen molar-refractivity contribution in [2.24, 2.45) is 0 Å². The van der Waals surface area contributed by atoms with Gasteiger partial charge < -0.3 is 9.73 Å². The molecule has 1 N–H and O–H groups in total. The molecule has 6 nitrogen and oxygen atoms in total. The fourth-order valence-corrected chi connectivity index (χ4v) is 4.77. The monoisotopic (exact) mass is 338 g/mol. The van der Waals surface area contributed by atoms with Crippen LogP contribution in [0.3, 0.4) is 0 Å². The van der Waals surface area contributed by atoms with E-state index in [0.29, 0.717) is 11.1 Å². The highest BCUT2D eigenvalue weighted by Crippen LogP contribution is 2.35. The van der Waals surface area contributed by atoms with Crippen LogP contribution in [-0.2, 0) is 0 Å². The maximum Gasteiger partial charge on any atom is 0.309 e. The van der Waals surface area contributed by atoms with E-state index in [0.717, 1.165) is 35.7 Å². The molecule has 1 amide bonds. The molecule has 0 atom stereocenters. The lowest BCUT2D eigenvalue weighted by Crippen LogP contribution is -2.38. The number of nitrogens with one attached hydrogen (secondary N) is 1. The predicted molar refractivity (Wildman–Crippen MR) is 85.3 cm³/mol. The Labute approximate surface area is 137 Å². The molecule has 0 unspecified atom stereocenters. The van der Waals surface area contributed by atoms with Crippen LogP contribution >= 0.6 is 23.1 Å². The summed E-state index contributed by atoms with van der Waals surface area (Å²) in [6, 6.07) is 0.189. The van der Waals surface area contributed by atoms with Gasteiger partial charge in [-0.05, 0) is 32.6 Å². The number of aryl methyl sites for hydroxylation is 2. The second kappa shape index (κ2) is 6.78. The van der Waals surface area contributed by atoms with Crippen LogP contribution in [0.25, 0.3) is 0 Å². The van der Waals surface area contributed by atoms with Gasteiger partial charge in [0.25, 0.3) is 0 Å². The Morgan fingerprint density at radius 1 is 1.32 bits per heavy atom. The minimum absolute atomic E-state index is 0.0484. The first-order valence-corrected chi connectivity index (χ1v) is 9.06. The SMILES string of the molecule is Cc1csc(SC2CCC(NC(=O)c3nnc(C)o3)CC2)n1. The van der Waals surface area contributed by atoms with Crippen LogP contribution in [0.15, 0.2) is 14.1 Å². The number of aromatic nitrogens is 3. The molecule has 8 heteroatoms. The maximum absolute atomic E-state index is 12.0. The van der Waals surface area contributed by atoms with E-state index in [1.54, 1.807) is 18.3 Å². The van der Waals surface area contributed by atoms with Gasteiger partial charge in [-0.3, -0.25) is 4.79 Å². The Hall–Kier alpha value is -1.41. The smallest absolute Gasteiger partial charge is 0.309 e. The fraction of sp³-hybridized carbons (Fsp3) is 0.571. The van der Waals surface area contributed by atoms with E-state index in [4.69, 9.17) is 4.42 Å². The topological polar surface area (TPSA) is 80.9 Å². The average molecular weight is 338 g/mol. The van der Waals surface area contributed by atoms with Crippen LogP contribution in [0.4, 0.5) is 0 Å². The van der Waals surface area contributed by atoms with Gasteiger partial charge in [-0.15, -0.1) is 21.5 Å². The summed E-state index contributed by atoms with van der Waals surface area (Å²) in [4.78, 5) is 16.5. The molecule has 2 aromatic rings. The zero-order valence-corrected chi connectivity index (χ0v) is 14.2. The molecule has 0 bridgehead atoms. The minimum atomic E-state index is -0.271. The maximum atomic E-state index is 12.0. The van der Waals surface area contributed by atoms with Crippen molar-refractivity contribution in [3.63, 3.8) is 0 Å². The quantitative estimate of drug-likeness (QED) is 0.923. The van der Waals surface area contributed by atoms with E-state index < -0.39 is 0 Å². The van der Waals surface area contributed by atoms with Crippen molar-refractivity contribution in [1.82, 2.24) is 20.5 Å². The Morgan fingerprint density at radius 3 is 2.68 bits per heavy atom. The summed E-state index contributed by atoms with van der Waals surface area (Å²) in [6.07, 6.45) is 4.11. The molecule has 1 aliphatic carbocycles. The lowest BCUT2D eigenvalue weighted by molar-refractivity contribution is 0.0891. The predicted octanol–water partition coefficient (Wildman–Crippen LogP) is 2.98. The molecule has 1 aliphatic rings. The summed E-state index contributed by atoms with van der Waals surface area (Å²) in [6.45, 7) is 3.69. The number of carbonyl (C=O) groups is 1. The van der Waals surface area contributed by atoms with Gasteiger partial charge in [0.1, 0.15) is 4.34 Å². The van der Waals surface area contributed by atoms with Crippen LogP contribution in [0.1, 0.15) is 48.0 Å². The number of thioether (sulfide) groups is 1. The van der Waals surface area contributed by atoms with Gasteiger partial charge >= 0.3 is 11.8 Å². The van der Waals surface area contributed by atoms with Gasteiger partial charge in [-0.2, -0.15) is 0 Å². The van der Waals surface area contributed by atoms with Crippen LogP contribution in [0.2, 0.25) is 0 Å². The van der Waals surface area contributed by atoms with E-state index in [1.165, 1.54) is 0 Å². The highest BCUT2D eigenvalue weighted by atomic mass is 32.2. The lowest BCUT2D eigenvalue weighted by Gasteiger charge is -2.27.